The third kappa shape index (κ3) is 4.90. The molecule has 0 aliphatic carbocycles. The number of rotatable bonds is 6. The van der Waals surface area contributed by atoms with Gasteiger partial charge in [-0.25, -0.2) is 14.0 Å². The van der Waals surface area contributed by atoms with Crippen molar-refractivity contribution in [2.75, 3.05) is 0 Å². The first-order valence-corrected chi connectivity index (χ1v) is 6.89. The summed E-state index contributed by atoms with van der Waals surface area (Å²) in [6.45, 7) is 3.40. The molecule has 0 heterocycles. The molecule has 1 unspecified atom stereocenters. The maximum Gasteiger partial charge on any atom is 0.329 e. The molecule has 1 aromatic carbocycles. The van der Waals surface area contributed by atoms with Gasteiger partial charge in [0.1, 0.15) is 11.4 Å². The summed E-state index contributed by atoms with van der Waals surface area (Å²) in [5.41, 5.74) is -0.705. The topological polar surface area (TPSA) is 78.4 Å². The van der Waals surface area contributed by atoms with Gasteiger partial charge in [-0.15, -0.1) is 0 Å². The number of carbonyl (C=O) groups excluding carboxylic acids is 1. The minimum absolute atomic E-state index is 0.0314. The van der Waals surface area contributed by atoms with Crippen LogP contribution < -0.4 is 10.6 Å². The van der Waals surface area contributed by atoms with Crippen molar-refractivity contribution in [2.24, 2.45) is 0 Å². The number of halogens is 2. The standard InChI is InChI=1S/C14H18ClFN2O3/c1-3-6-14(2,12(19)20)18-13(21)17-8-9-4-5-11(16)10(15)7-9/h4-5,7H,3,6,8H2,1-2H3,(H,19,20)(H2,17,18,21). The van der Waals surface area contributed by atoms with Crippen LogP contribution in [0, 0.1) is 5.82 Å². The highest BCUT2D eigenvalue weighted by Crippen LogP contribution is 2.16. The van der Waals surface area contributed by atoms with E-state index < -0.39 is 23.4 Å². The Balaban J connectivity index is 2.60. The molecule has 0 radical (unpaired) electrons. The van der Waals surface area contributed by atoms with Crippen LogP contribution in [0.15, 0.2) is 18.2 Å². The molecule has 0 aromatic heterocycles. The summed E-state index contributed by atoms with van der Waals surface area (Å²) >= 11 is 5.64. The Morgan fingerprint density at radius 3 is 2.62 bits per heavy atom. The lowest BCUT2D eigenvalue weighted by Gasteiger charge is -2.25. The van der Waals surface area contributed by atoms with E-state index in [0.717, 1.165) is 0 Å². The number of hydrogen-bond donors (Lipinski definition) is 3. The van der Waals surface area contributed by atoms with E-state index >= 15 is 0 Å². The number of carboxylic acids is 1. The Morgan fingerprint density at radius 2 is 2.10 bits per heavy atom. The van der Waals surface area contributed by atoms with Gasteiger partial charge in [0.2, 0.25) is 0 Å². The molecule has 0 saturated carbocycles. The molecule has 1 atom stereocenters. The van der Waals surface area contributed by atoms with Crippen molar-refractivity contribution in [1.82, 2.24) is 10.6 Å². The summed E-state index contributed by atoms with van der Waals surface area (Å²) in [4.78, 5) is 23.0. The average molecular weight is 317 g/mol. The molecule has 1 aromatic rings. The van der Waals surface area contributed by atoms with E-state index in [1.165, 1.54) is 25.1 Å². The molecular weight excluding hydrogens is 299 g/mol. The van der Waals surface area contributed by atoms with Crippen molar-refractivity contribution in [3.8, 4) is 0 Å². The van der Waals surface area contributed by atoms with E-state index in [4.69, 9.17) is 16.7 Å². The number of nitrogens with one attached hydrogen (secondary N) is 2. The summed E-state index contributed by atoms with van der Waals surface area (Å²) in [5, 5.41) is 14.1. The molecule has 0 aliphatic rings. The van der Waals surface area contributed by atoms with E-state index in [1.54, 1.807) is 0 Å². The lowest BCUT2D eigenvalue weighted by molar-refractivity contribution is -0.144. The minimum atomic E-state index is -1.32. The number of amides is 2. The third-order valence-electron chi connectivity index (χ3n) is 3.05. The highest BCUT2D eigenvalue weighted by Gasteiger charge is 2.33. The van der Waals surface area contributed by atoms with Crippen molar-refractivity contribution in [2.45, 2.75) is 38.8 Å². The third-order valence-corrected chi connectivity index (χ3v) is 3.34. The smallest absolute Gasteiger partial charge is 0.329 e. The van der Waals surface area contributed by atoms with E-state index in [0.29, 0.717) is 18.4 Å². The predicted molar refractivity (Wildman–Crippen MR) is 77.7 cm³/mol. The average Bonchev–Trinajstić information content (AvgIpc) is 2.40. The van der Waals surface area contributed by atoms with Crippen molar-refractivity contribution in [1.29, 1.82) is 0 Å². The van der Waals surface area contributed by atoms with Crippen LogP contribution in [0.4, 0.5) is 9.18 Å². The molecule has 1 rings (SSSR count). The summed E-state index contributed by atoms with van der Waals surface area (Å²) in [6.07, 6.45) is 0.939. The Morgan fingerprint density at radius 1 is 1.43 bits per heavy atom. The normalized spacial score (nSPS) is 13.3. The van der Waals surface area contributed by atoms with Crippen LogP contribution in [-0.4, -0.2) is 22.6 Å². The molecule has 0 fully saturated rings. The SMILES string of the molecule is CCCC(C)(NC(=O)NCc1ccc(F)c(Cl)c1)C(=O)O. The summed E-state index contributed by atoms with van der Waals surface area (Å²) < 4.78 is 13.0. The second kappa shape index (κ2) is 7.26. The molecule has 5 nitrogen and oxygen atoms in total. The van der Waals surface area contributed by atoms with E-state index in [2.05, 4.69) is 10.6 Å². The zero-order valence-electron chi connectivity index (χ0n) is 11.9. The Labute approximate surface area is 127 Å². The molecule has 2 amide bonds. The van der Waals surface area contributed by atoms with Crippen LogP contribution in [0.5, 0.6) is 0 Å². The van der Waals surface area contributed by atoms with Gasteiger partial charge in [-0.1, -0.05) is 31.0 Å². The molecule has 0 spiro atoms. The quantitative estimate of drug-likeness (QED) is 0.755. The van der Waals surface area contributed by atoms with Crippen LogP contribution in [0.1, 0.15) is 32.3 Å². The number of hydrogen-bond acceptors (Lipinski definition) is 2. The first-order valence-electron chi connectivity index (χ1n) is 6.52. The van der Waals surface area contributed by atoms with E-state index in [1.807, 2.05) is 6.92 Å². The predicted octanol–water partition coefficient (Wildman–Crippen LogP) is 2.92. The van der Waals surface area contributed by atoms with Gasteiger partial charge >= 0.3 is 12.0 Å². The number of carboxylic acid groups (broad SMARTS) is 1. The fraction of sp³-hybridized carbons (Fsp3) is 0.429. The minimum Gasteiger partial charge on any atom is -0.480 e. The Bertz CT molecular complexity index is 539. The van der Waals surface area contributed by atoms with Gasteiger partial charge in [-0.2, -0.15) is 0 Å². The van der Waals surface area contributed by atoms with Gasteiger partial charge in [-0.3, -0.25) is 0 Å². The first kappa shape index (κ1) is 17.2. The maximum atomic E-state index is 13.0. The first-order chi connectivity index (χ1) is 9.78. The van der Waals surface area contributed by atoms with Crippen LogP contribution in [0.25, 0.3) is 0 Å². The fourth-order valence-corrected chi connectivity index (χ4v) is 2.05. The second-order valence-corrected chi connectivity index (χ2v) is 5.35. The largest absolute Gasteiger partial charge is 0.480 e. The van der Waals surface area contributed by atoms with Gasteiger partial charge in [0.05, 0.1) is 5.02 Å². The van der Waals surface area contributed by atoms with Crippen LogP contribution in [0.2, 0.25) is 5.02 Å². The van der Waals surface area contributed by atoms with Crippen LogP contribution >= 0.6 is 11.6 Å². The lowest BCUT2D eigenvalue weighted by atomic mass is 9.97. The van der Waals surface area contributed by atoms with Gasteiger partial charge in [0.25, 0.3) is 0 Å². The van der Waals surface area contributed by atoms with Crippen molar-refractivity contribution in [3.63, 3.8) is 0 Å². The molecule has 0 bridgehead atoms. The van der Waals surface area contributed by atoms with Gasteiger partial charge in [-0.05, 0) is 31.0 Å². The zero-order chi connectivity index (χ0) is 16.0. The summed E-state index contributed by atoms with van der Waals surface area (Å²) in [7, 11) is 0. The number of aliphatic carboxylic acids is 1. The van der Waals surface area contributed by atoms with E-state index in [9.17, 15) is 14.0 Å². The second-order valence-electron chi connectivity index (χ2n) is 4.94. The van der Waals surface area contributed by atoms with Gasteiger partial charge < -0.3 is 15.7 Å². The highest BCUT2D eigenvalue weighted by atomic mass is 35.5. The molecule has 0 saturated heterocycles. The van der Waals surface area contributed by atoms with Crippen molar-refractivity contribution >= 4 is 23.6 Å². The van der Waals surface area contributed by atoms with Crippen molar-refractivity contribution < 1.29 is 19.1 Å². The summed E-state index contributed by atoms with van der Waals surface area (Å²) in [5.74, 6) is -1.63. The zero-order valence-corrected chi connectivity index (χ0v) is 12.6. The lowest BCUT2D eigenvalue weighted by Crippen LogP contribution is -2.55. The van der Waals surface area contributed by atoms with Gasteiger partial charge in [0, 0.05) is 6.54 Å². The molecular formula is C14H18ClFN2O3. The Hall–Kier alpha value is -1.82. The van der Waals surface area contributed by atoms with Crippen molar-refractivity contribution in [3.05, 3.63) is 34.6 Å². The molecule has 0 aliphatic heterocycles. The maximum absolute atomic E-state index is 13.0. The number of carbonyl (C=O) groups is 2. The number of urea groups is 1. The molecule has 116 valence electrons. The van der Waals surface area contributed by atoms with E-state index in [-0.39, 0.29) is 11.6 Å². The highest BCUT2D eigenvalue weighted by molar-refractivity contribution is 6.30. The molecule has 3 N–H and O–H groups in total. The summed E-state index contributed by atoms with van der Waals surface area (Å²) in [6, 6.07) is 3.49. The molecule has 7 heteroatoms. The molecule has 21 heavy (non-hydrogen) atoms. The Kier molecular flexibility index (Phi) is 5.96. The van der Waals surface area contributed by atoms with Crippen LogP contribution in [0.3, 0.4) is 0 Å². The monoisotopic (exact) mass is 316 g/mol. The van der Waals surface area contributed by atoms with Gasteiger partial charge in [0.15, 0.2) is 0 Å². The fourth-order valence-electron chi connectivity index (χ4n) is 1.85. The number of benzene rings is 1. The van der Waals surface area contributed by atoms with Crippen LogP contribution in [-0.2, 0) is 11.3 Å².